The molecule has 0 radical (unpaired) electrons. The molecule has 128 valence electrons. The first-order valence-electron chi connectivity index (χ1n) is 8.07. The maximum atomic E-state index is 11.1. The van der Waals surface area contributed by atoms with Crippen molar-refractivity contribution < 1.29 is 14.6 Å². The molecule has 0 aliphatic carbocycles. The molecule has 0 aliphatic heterocycles. The first kappa shape index (κ1) is 23.0. The molecule has 0 fully saturated rings. The van der Waals surface area contributed by atoms with Crippen LogP contribution in [0, 0.1) is 0 Å². The van der Waals surface area contributed by atoms with Crippen molar-refractivity contribution in [3.05, 3.63) is 0 Å². The van der Waals surface area contributed by atoms with Gasteiger partial charge in [-0.1, -0.05) is 58.3 Å². The van der Waals surface area contributed by atoms with E-state index in [4.69, 9.17) is 9.84 Å². The second-order valence-electron chi connectivity index (χ2n) is 5.76. The van der Waals surface area contributed by atoms with Crippen LogP contribution in [0.25, 0.3) is 0 Å². The lowest BCUT2D eigenvalue weighted by Crippen LogP contribution is -2.28. The van der Waals surface area contributed by atoms with Crippen LogP contribution in [-0.2, 0) is 9.53 Å². The van der Waals surface area contributed by atoms with Gasteiger partial charge in [0.15, 0.2) is 6.10 Å². The number of carboxylic acids is 1. The van der Waals surface area contributed by atoms with E-state index < -0.39 is 12.1 Å². The van der Waals surface area contributed by atoms with Gasteiger partial charge in [0.2, 0.25) is 0 Å². The summed E-state index contributed by atoms with van der Waals surface area (Å²) in [5.41, 5.74) is 0. The van der Waals surface area contributed by atoms with Crippen LogP contribution < -0.4 is 0 Å². The maximum absolute atomic E-state index is 11.1. The third-order valence-electron chi connectivity index (χ3n) is 3.45. The summed E-state index contributed by atoms with van der Waals surface area (Å²) in [7, 11) is 3.91. The van der Waals surface area contributed by atoms with Crippen LogP contribution >= 0.6 is 12.4 Å². The van der Waals surface area contributed by atoms with E-state index in [2.05, 4.69) is 6.92 Å². The second-order valence-corrected chi connectivity index (χ2v) is 5.76. The highest BCUT2D eigenvalue weighted by Gasteiger charge is 2.17. The van der Waals surface area contributed by atoms with E-state index in [1.807, 2.05) is 19.0 Å². The number of nitrogens with zero attached hydrogens (tertiary/aromatic N) is 1. The summed E-state index contributed by atoms with van der Waals surface area (Å²) in [5, 5.41) is 9.10. The topological polar surface area (TPSA) is 49.8 Å². The number of carbonyl (C=O) groups is 1. The smallest absolute Gasteiger partial charge is 0.332 e. The van der Waals surface area contributed by atoms with Crippen LogP contribution in [0.2, 0.25) is 0 Å². The number of hydrogen-bond donors (Lipinski definition) is 1. The molecule has 21 heavy (non-hydrogen) atoms. The highest BCUT2D eigenvalue weighted by molar-refractivity contribution is 5.85. The molecule has 0 saturated heterocycles. The predicted octanol–water partition coefficient (Wildman–Crippen LogP) is 3.97. The van der Waals surface area contributed by atoms with Crippen LogP contribution in [0.5, 0.6) is 0 Å². The molecule has 4 nitrogen and oxygen atoms in total. The molecule has 1 N–H and O–H groups in total. The van der Waals surface area contributed by atoms with Crippen LogP contribution in [0.4, 0.5) is 0 Å². The number of unbranched alkanes of at least 4 members (excludes halogenated alkanes) is 7. The van der Waals surface area contributed by atoms with Gasteiger partial charge in [0.1, 0.15) is 0 Å². The fraction of sp³-hybridized carbons (Fsp3) is 0.938. The zero-order valence-corrected chi connectivity index (χ0v) is 14.8. The fourth-order valence-electron chi connectivity index (χ4n) is 2.12. The van der Waals surface area contributed by atoms with Crippen molar-refractivity contribution in [1.29, 1.82) is 0 Å². The van der Waals surface area contributed by atoms with Crippen LogP contribution in [-0.4, -0.2) is 49.3 Å². The van der Waals surface area contributed by atoms with Crippen molar-refractivity contribution in [2.24, 2.45) is 0 Å². The molecule has 1 atom stereocenters. The number of rotatable bonds is 14. The Bertz CT molecular complexity index is 238. The van der Waals surface area contributed by atoms with E-state index in [9.17, 15) is 4.79 Å². The molecule has 0 aromatic rings. The zero-order chi connectivity index (χ0) is 15.2. The minimum atomic E-state index is -0.827. The molecular weight excluding hydrogens is 290 g/mol. The average molecular weight is 324 g/mol. The largest absolute Gasteiger partial charge is 0.479 e. The lowest BCUT2D eigenvalue weighted by atomic mass is 10.1. The Kier molecular flexibility index (Phi) is 17.6. The summed E-state index contributed by atoms with van der Waals surface area (Å²) < 4.78 is 5.43. The lowest BCUT2D eigenvalue weighted by molar-refractivity contribution is -0.151. The quantitative estimate of drug-likeness (QED) is 0.491. The van der Waals surface area contributed by atoms with Crippen molar-refractivity contribution in [2.75, 3.05) is 27.2 Å². The Hall–Kier alpha value is -0.320. The van der Waals surface area contributed by atoms with Gasteiger partial charge in [-0.05, 0) is 20.5 Å². The molecule has 0 aromatic carbocycles. The van der Waals surface area contributed by atoms with Gasteiger partial charge in [-0.2, -0.15) is 0 Å². The average Bonchev–Trinajstić information content (AvgIpc) is 2.39. The molecular formula is C16H34ClNO3. The van der Waals surface area contributed by atoms with Gasteiger partial charge in [-0.3, -0.25) is 0 Å². The summed E-state index contributed by atoms with van der Waals surface area (Å²) in [4.78, 5) is 13.1. The Balaban J connectivity index is 0. The van der Waals surface area contributed by atoms with E-state index in [0.717, 1.165) is 19.4 Å². The minimum Gasteiger partial charge on any atom is -0.479 e. The highest BCUT2D eigenvalue weighted by Crippen LogP contribution is 2.12. The van der Waals surface area contributed by atoms with Gasteiger partial charge in [-0.15, -0.1) is 12.4 Å². The lowest BCUT2D eigenvalue weighted by Gasteiger charge is -2.15. The summed E-state index contributed by atoms with van der Waals surface area (Å²) >= 11 is 0. The third-order valence-corrected chi connectivity index (χ3v) is 3.45. The van der Waals surface area contributed by atoms with E-state index in [1.165, 1.54) is 38.5 Å². The van der Waals surface area contributed by atoms with Crippen LogP contribution in [0.15, 0.2) is 0 Å². The van der Waals surface area contributed by atoms with Crippen molar-refractivity contribution in [1.82, 2.24) is 4.90 Å². The van der Waals surface area contributed by atoms with Gasteiger partial charge in [0.05, 0.1) is 6.61 Å². The molecule has 0 rings (SSSR count). The molecule has 0 amide bonds. The zero-order valence-electron chi connectivity index (χ0n) is 14.0. The Morgan fingerprint density at radius 3 is 2.05 bits per heavy atom. The van der Waals surface area contributed by atoms with E-state index >= 15 is 0 Å². The standard InChI is InChI=1S/C16H33NO3.ClH/c1-4-5-6-7-8-9-10-11-12-15(16(18)19)20-14-13-17(2)3;/h15H,4-14H2,1-3H3,(H,18,19);1H. The molecule has 0 bridgehead atoms. The van der Waals surface area contributed by atoms with Gasteiger partial charge in [0, 0.05) is 6.54 Å². The number of ether oxygens (including phenoxy) is 1. The first-order valence-corrected chi connectivity index (χ1v) is 8.07. The highest BCUT2D eigenvalue weighted by atomic mass is 35.5. The molecule has 0 aromatic heterocycles. The Morgan fingerprint density at radius 2 is 1.57 bits per heavy atom. The number of likely N-dealkylation sites (N-methyl/N-ethyl adjacent to an activating group) is 1. The number of carboxylic acid groups (broad SMARTS) is 1. The fourth-order valence-corrected chi connectivity index (χ4v) is 2.12. The Labute approximate surface area is 136 Å². The van der Waals surface area contributed by atoms with Gasteiger partial charge in [-0.25, -0.2) is 4.79 Å². The van der Waals surface area contributed by atoms with Crippen molar-refractivity contribution in [3.8, 4) is 0 Å². The third kappa shape index (κ3) is 15.9. The van der Waals surface area contributed by atoms with Crippen molar-refractivity contribution in [2.45, 2.75) is 70.8 Å². The molecule has 0 aliphatic rings. The van der Waals surface area contributed by atoms with Gasteiger partial charge >= 0.3 is 5.97 Å². The van der Waals surface area contributed by atoms with E-state index in [0.29, 0.717) is 13.0 Å². The number of hydrogen-bond acceptors (Lipinski definition) is 3. The number of aliphatic carboxylic acids is 1. The number of halogens is 1. The normalized spacial score (nSPS) is 12.2. The van der Waals surface area contributed by atoms with E-state index in [1.54, 1.807) is 0 Å². The second kappa shape index (κ2) is 16.1. The molecule has 0 spiro atoms. The molecule has 0 saturated carbocycles. The van der Waals surface area contributed by atoms with Gasteiger partial charge < -0.3 is 14.7 Å². The Morgan fingerprint density at radius 1 is 1.05 bits per heavy atom. The predicted molar refractivity (Wildman–Crippen MR) is 90.4 cm³/mol. The SMILES string of the molecule is CCCCCCCCCCC(OCCN(C)C)C(=O)O.Cl. The summed E-state index contributed by atoms with van der Waals surface area (Å²) in [6.07, 6.45) is 9.84. The van der Waals surface area contributed by atoms with Crippen LogP contribution in [0.3, 0.4) is 0 Å². The van der Waals surface area contributed by atoms with Crippen molar-refractivity contribution in [3.63, 3.8) is 0 Å². The molecule has 0 heterocycles. The summed E-state index contributed by atoms with van der Waals surface area (Å²) in [6.45, 7) is 3.48. The monoisotopic (exact) mass is 323 g/mol. The summed E-state index contributed by atoms with van der Waals surface area (Å²) in [5.74, 6) is -0.827. The van der Waals surface area contributed by atoms with Crippen LogP contribution in [0.1, 0.15) is 64.7 Å². The molecule has 5 heteroatoms. The minimum absolute atomic E-state index is 0. The van der Waals surface area contributed by atoms with Crippen molar-refractivity contribution >= 4 is 18.4 Å². The summed E-state index contributed by atoms with van der Waals surface area (Å²) in [6, 6.07) is 0. The van der Waals surface area contributed by atoms with E-state index in [-0.39, 0.29) is 12.4 Å². The first-order chi connectivity index (χ1) is 9.57. The van der Waals surface area contributed by atoms with Gasteiger partial charge in [0.25, 0.3) is 0 Å². The molecule has 1 unspecified atom stereocenters. The maximum Gasteiger partial charge on any atom is 0.332 e.